The second kappa shape index (κ2) is 10.8. The second-order valence-electron chi connectivity index (χ2n) is 8.18. The number of carbonyl (C=O) groups is 2. The molecule has 1 amide bonds. The van der Waals surface area contributed by atoms with E-state index >= 15 is 0 Å². The van der Waals surface area contributed by atoms with Crippen LogP contribution in [0.3, 0.4) is 0 Å². The van der Waals surface area contributed by atoms with Gasteiger partial charge in [0.2, 0.25) is 0 Å². The smallest absolute Gasteiger partial charge is 0.323 e. The molecule has 0 saturated carbocycles. The van der Waals surface area contributed by atoms with Crippen LogP contribution in [0, 0.1) is 0 Å². The molecule has 1 aliphatic rings. The monoisotopic (exact) mass is 527 g/mol. The van der Waals surface area contributed by atoms with Gasteiger partial charge in [-0.2, -0.15) is 5.10 Å². The summed E-state index contributed by atoms with van der Waals surface area (Å²) < 4.78 is 7.97. The van der Waals surface area contributed by atoms with Crippen molar-refractivity contribution in [1.29, 1.82) is 0 Å². The maximum absolute atomic E-state index is 12.9. The van der Waals surface area contributed by atoms with E-state index in [1.54, 1.807) is 10.8 Å². The van der Waals surface area contributed by atoms with Gasteiger partial charge in [0.25, 0.3) is 5.91 Å². The van der Waals surface area contributed by atoms with E-state index in [9.17, 15) is 9.59 Å². The first-order valence-electron chi connectivity index (χ1n) is 11.4. The largest absolute Gasteiger partial charge is 0.489 e. The lowest BCUT2D eigenvalue weighted by atomic mass is 10.1. The van der Waals surface area contributed by atoms with E-state index in [0.29, 0.717) is 28.5 Å². The highest BCUT2D eigenvalue weighted by atomic mass is 32.2. The number of benzene rings is 3. The molecular weight excluding hydrogens is 506 g/mol. The van der Waals surface area contributed by atoms with Crippen LogP contribution in [-0.4, -0.2) is 42.5 Å². The van der Waals surface area contributed by atoms with Gasteiger partial charge < -0.3 is 9.84 Å². The minimum absolute atomic E-state index is 0.215. The van der Waals surface area contributed by atoms with E-state index in [1.165, 1.54) is 0 Å². The minimum Gasteiger partial charge on any atom is -0.489 e. The first kappa shape index (κ1) is 24.5. The minimum atomic E-state index is -1.12. The molecule has 9 heteroatoms. The van der Waals surface area contributed by atoms with Crippen LogP contribution in [-0.2, 0) is 16.2 Å². The van der Waals surface area contributed by atoms with E-state index < -0.39 is 18.4 Å². The molecule has 0 aliphatic carbocycles. The Balaban J connectivity index is 1.51. The lowest BCUT2D eigenvalue weighted by Gasteiger charge is -2.10. The van der Waals surface area contributed by atoms with Crippen LogP contribution in [0.5, 0.6) is 5.75 Å². The van der Waals surface area contributed by atoms with Crippen molar-refractivity contribution in [3.05, 3.63) is 107 Å². The van der Waals surface area contributed by atoms with Crippen LogP contribution in [0.15, 0.2) is 96.0 Å². The summed E-state index contributed by atoms with van der Waals surface area (Å²) >= 11 is 6.33. The average Bonchev–Trinajstić information content (AvgIpc) is 3.45. The highest BCUT2D eigenvalue weighted by molar-refractivity contribution is 8.26. The first-order chi connectivity index (χ1) is 18.0. The van der Waals surface area contributed by atoms with E-state index in [4.69, 9.17) is 27.2 Å². The van der Waals surface area contributed by atoms with Crippen LogP contribution in [0.1, 0.15) is 11.1 Å². The third-order valence-electron chi connectivity index (χ3n) is 5.57. The molecule has 0 unspecified atom stereocenters. The van der Waals surface area contributed by atoms with Crippen LogP contribution >= 0.6 is 24.0 Å². The maximum Gasteiger partial charge on any atom is 0.323 e. The number of hydrogen-bond acceptors (Lipinski definition) is 6. The number of thioether (sulfide) groups is 1. The molecule has 5 rings (SSSR count). The fourth-order valence-corrected chi connectivity index (χ4v) is 5.06. The molecule has 37 heavy (non-hydrogen) atoms. The highest BCUT2D eigenvalue weighted by Gasteiger charge is 2.33. The third kappa shape index (κ3) is 5.63. The second-order valence-corrected chi connectivity index (χ2v) is 9.85. The van der Waals surface area contributed by atoms with Gasteiger partial charge in [-0.05, 0) is 35.9 Å². The summed E-state index contributed by atoms with van der Waals surface area (Å²) in [4.78, 5) is 25.5. The van der Waals surface area contributed by atoms with Gasteiger partial charge in [0.15, 0.2) is 0 Å². The number of amides is 1. The molecule has 3 aromatic carbocycles. The number of para-hydroxylation sites is 1. The summed E-state index contributed by atoms with van der Waals surface area (Å²) in [7, 11) is 0. The van der Waals surface area contributed by atoms with Crippen molar-refractivity contribution in [2.24, 2.45) is 0 Å². The van der Waals surface area contributed by atoms with Gasteiger partial charge in [-0.15, -0.1) is 0 Å². The number of ether oxygens (including phenoxy) is 1. The number of rotatable bonds is 8. The molecule has 1 aromatic heterocycles. The number of carbonyl (C=O) groups excluding carboxylic acids is 1. The topological polar surface area (TPSA) is 84.7 Å². The average molecular weight is 528 g/mol. The van der Waals surface area contributed by atoms with Crippen molar-refractivity contribution < 1.29 is 19.4 Å². The molecule has 0 radical (unpaired) electrons. The van der Waals surface area contributed by atoms with Crippen LogP contribution in [0.25, 0.3) is 23.0 Å². The Hall–Kier alpha value is -4.21. The van der Waals surface area contributed by atoms with Gasteiger partial charge in [0, 0.05) is 17.3 Å². The number of nitrogens with zero attached hydrogens (tertiary/aromatic N) is 3. The summed E-state index contributed by atoms with van der Waals surface area (Å²) in [5.74, 6) is -0.868. The quantitative estimate of drug-likeness (QED) is 0.242. The van der Waals surface area contributed by atoms with Gasteiger partial charge in [0.05, 0.1) is 10.6 Å². The van der Waals surface area contributed by atoms with Crippen molar-refractivity contribution in [2.45, 2.75) is 6.61 Å². The van der Waals surface area contributed by atoms with Gasteiger partial charge in [-0.25, -0.2) is 4.68 Å². The Morgan fingerprint density at radius 1 is 1.03 bits per heavy atom. The number of aromatic nitrogens is 2. The standard InChI is InChI=1S/C28H21N3O4S2/c32-25(33)17-30-27(34)24(37-28(30)36)15-21-16-31(22-11-5-2-6-12-22)29-26(21)20-10-7-13-23(14-20)35-18-19-8-3-1-4-9-19/h1-16H,17-18H2,(H,32,33). The molecule has 1 saturated heterocycles. The predicted molar refractivity (Wildman–Crippen MR) is 147 cm³/mol. The van der Waals surface area contributed by atoms with Gasteiger partial charge >= 0.3 is 5.97 Å². The molecule has 1 N–H and O–H groups in total. The Kier molecular flexibility index (Phi) is 7.16. The first-order valence-corrected chi connectivity index (χ1v) is 12.6. The lowest BCUT2D eigenvalue weighted by Crippen LogP contribution is -2.33. The van der Waals surface area contributed by atoms with E-state index in [0.717, 1.165) is 33.5 Å². The van der Waals surface area contributed by atoms with Crippen molar-refractivity contribution in [3.63, 3.8) is 0 Å². The molecule has 2 heterocycles. The van der Waals surface area contributed by atoms with Gasteiger partial charge in [-0.3, -0.25) is 14.5 Å². The highest BCUT2D eigenvalue weighted by Crippen LogP contribution is 2.35. The Labute approximate surface area is 223 Å². The molecule has 7 nitrogen and oxygen atoms in total. The zero-order chi connectivity index (χ0) is 25.8. The molecule has 1 aliphatic heterocycles. The molecule has 0 spiro atoms. The summed E-state index contributed by atoms with van der Waals surface area (Å²) in [6.45, 7) is -0.0411. The SMILES string of the molecule is O=C(O)CN1C(=O)C(=Cc2cn(-c3ccccc3)nc2-c2cccc(OCc3ccccc3)c2)SC1=S. The number of thiocarbonyl (C=S) groups is 1. The van der Waals surface area contributed by atoms with Gasteiger partial charge in [0.1, 0.15) is 28.9 Å². The van der Waals surface area contributed by atoms with Crippen LogP contribution in [0.2, 0.25) is 0 Å². The number of carboxylic acids is 1. The maximum atomic E-state index is 12.9. The van der Waals surface area contributed by atoms with Crippen molar-refractivity contribution in [1.82, 2.24) is 14.7 Å². The molecular formula is C28H21N3O4S2. The summed E-state index contributed by atoms with van der Waals surface area (Å²) in [5, 5.41) is 14.0. The Morgan fingerprint density at radius 2 is 1.76 bits per heavy atom. The summed E-state index contributed by atoms with van der Waals surface area (Å²) in [6.07, 6.45) is 3.55. The van der Waals surface area contributed by atoms with Crippen LogP contribution < -0.4 is 4.74 Å². The molecule has 4 aromatic rings. The fourth-order valence-electron chi connectivity index (χ4n) is 3.82. The fraction of sp³-hybridized carbons (Fsp3) is 0.0714. The zero-order valence-electron chi connectivity index (χ0n) is 19.5. The van der Waals surface area contributed by atoms with Crippen molar-refractivity contribution in [3.8, 4) is 22.7 Å². The number of hydrogen-bond donors (Lipinski definition) is 1. The van der Waals surface area contributed by atoms with E-state index in [2.05, 4.69) is 0 Å². The normalized spacial score (nSPS) is 14.4. The van der Waals surface area contributed by atoms with E-state index in [-0.39, 0.29) is 4.32 Å². The van der Waals surface area contributed by atoms with Crippen molar-refractivity contribution in [2.75, 3.05) is 6.54 Å². The zero-order valence-corrected chi connectivity index (χ0v) is 21.1. The molecule has 1 fully saturated rings. The third-order valence-corrected chi connectivity index (χ3v) is 6.95. The Bertz CT molecular complexity index is 1500. The molecule has 0 atom stereocenters. The predicted octanol–water partition coefficient (Wildman–Crippen LogP) is 5.40. The Morgan fingerprint density at radius 3 is 2.49 bits per heavy atom. The van der Waals surface area contributed by atoms with Gasteiger partial charge in [-0.1, -0.05) is 84.6 Å². The summed E-state index contributed by atoms with van der Waals surface area (Å²) in [5.41, 5.74) is 4.08. The lowest BCUT2D eigenvalue weighted by molar-refractivity contribution is -0.140. The van der Waals surface area contributed by atoms with E-state index in [1.807, 2.05) is 91.1 Å². The number of aliphatic carboxylic acids is 1. The number of carboxylic acid groups (broad SMARTS) is 1. The van der Waals surface area contributed by atoms with Crippen molar-refractivity contribution >= 4 is 46.3 Å². The van der Waals surface area contributed by atoms with Crippen LogP contribution in [0.4, 0.5) is 0 Å². The molecule has 184 valence electrons. The molecule has 0 bridgehead atoms. The summed E-state index contributed by atoms with van der Waals surface area (Å²) in [6, 6.07) is 27.2.